The Balaban J connectivity index is 1.71. The summed E-state index contributed by atoms with van der Waals surface area (Å²) in [5.74, 6) is 1.18. The largest absolute Gasteiger partial charge is 0.299 e. The van der Waals surface area contributed by atoms with Gasteiger partial charge in [0.2, 0.25) is 0 Å². The highest BCUT2D eigenvalue weighted by Gasteiger charge is 2.16. The van der Waals surface area contributed by atoms with Crippen molar-refractivity contribution in [3.63, 3.8) is 0 Å². The number of aryl methyl sites for hydroxylation is 1. The van der Waals surface area contributed by atoms with E-state index in [0.717, 1.165) is 29.5 Å². The minimum atomic E-state index is 0.362. The number of carbonyl (C=O) groups is 1. The van der Waals surface area contributed by atoms with Crippen LogP contribution >= 0.6 is 11.3 Å². The Morgan fingerprint density at radius 2 is 2.25 bits per heavy atom. The first-order valence-corrected chi connectivity index (χ1v) is 7.04. The first-order valence-electron chi connectivity index (χ1n) is 6.17. The number of rotatable bonds is 5. The van der Waals surface area contributed by atoms with Crippen molar-refractivity contribution in [2.45, 2.75) is 51.9 Å². The molecule has 0 N–H and O–H groups in total. The molecule has 2 nitrogen and oxygen atoms in total. The number of ketones is 1. The maximum atomic E-state index is 11.7. The summed E-state index contributed by atoms with van der Waals surface area (Å²) in [7, 11) is 0. The first-order chi connectivity index (χ1) is 7.74. The van der Waals surface area contributed by atoms with Gasteiger partial charge in [-0.2, -0.15) is 0 Å². The molecule has 0 unspecified atom stereocenters. The van der Waals surface area contributed by atoms with Crippen LogP contribution in [0.5, 0.6) is 0 Å². The molecule has 1 aromatic rings. The lowest BCUT2D eigenvalue weighted by Crippen LogP contribution is -2.05. The molecule has 1 aromatic heterocycles. The quantitative estimate of drug-likeness (QED) is 0.784. The van der Waals surface area contributed by atoms with E-state index in [1.54, 1.807) is 11.3 Å². The second-order valence-corrected chi connectivity index (χ2v) is 5.73. The van der Waals surface area contributed by atoms with Crippen molar-refractivity contribution in [2.24, 2.45) is 5.92 Å². The normalized spacial score (nSPS) is 16.8. The zero-order valence-electron chi connectivity index (χ0n) is 9.87. The molecule has 0 amide bonds. The van der Waals surface area contributed by atoms with Crippen molar-refractivity contribution in [3.8, 4) is 0 Å². The molecule has 0 bridgehead atoms. The molecule has 0 atom stereocenters. The third-order valence-electron chi connectivity index (χ3n) is 3.32. The van der Waals surface area contributed by atoms with Crippen molar-refractivity contribution >= 4 is 17.1 Å². The van der Waals surface area contributed by atoms with Gasteiger partial charge in [0.15, 0.2) is 0 Å². The van der Waals surface area contributed by atoms with E-state index in [9.17, 15) is 4.79 Å². The summed E-state index contributed by atoms with van der Waals surface area (Å²) in [4.78, 5) is 16.1. The average molecular weight is 237 g/mol. The van der Waals surface area contributed by atoms with Gasteiger partial charge < -0.3 is 0 Å². The van der Waals surface area contributed by atoms with Gasteiger partial charge in [-0.1, -0.05) is 25.7 Å². The third kappa shape index (κ3) is 3.41. The van der Waals surface area contributed by atoms with E-state index in [4.69, 9.17) is 0 Å². The fourth-order valence-electron chi connectivity index (χ4n) is 2.41. The molecule has 1 saturated carbocycles. The summed E-state index contributed by atoms with van der Waals surface area (Å²) < 4.78 is 0. The molecule has 1 heterocycles. The molecule has 16 heavy (non-hydrogen) atoms. The van der Waals surface area contributed by atoms with E-state index >= 15 is 0 Å². The standard InChI is InChI=1S/C13H19NOS/c1-10-9-16-13(14-10)8-12(15)7-6-11-4-2-3-5-11/h9,11H,2-8H2,1H3. The van der Waals surface area contributed by atoms with Crippen LogP contribution in [0.3, 0.4) is 0 Å². The average Bonchev–Trinajstić information content (AvgIpc) is 2.87. The van der Waals surface area contributed by atoms with Crippen LogP contribution in [0.2, 0.25) is 0 Å². The Bertz CT molecular complexity index is 353. The SMILES string of the molecule is Cc1csc(CC(=O)CCC2CCCC2)n1. The number of hydrogen-bond acceptors (Lipinski definition) is 3. The van der Waals surface area contributed by atoms with Gasteiger partial charge in [0.05, 0.1) is 6.42 Å². The molecule has 3 heteroatoms. The summed E-state index contributed by atoms with van der Waals surface area (Å²) >= 11 is 1.60. The van der Waals surface area contributed by atoms with Gasteiger partial charge in [0.1, 0.15) is 10.8 Å². The molecule has 0 aliphatic heterocycles. The van der Waals surface area contributed by atoms with Crippen molar-refractivity contribution in [3.05, 3.63) is 16.1 Å². The van der Waals surface area contributed by atoms with Crippen LogP contribution in [0.4, 0.5) is 0 Å². The molecule has 1 aliphatic carbocycles. The highest BCUT2D eigenvalue weighted by atomic mass is 32.1. The fraction of sp³-hybridized carbons (Fsp3) is 0.692. The zero-order valence-corrected chi connectivity index (χ0v) is 10.7. The second kappa shape index (κ2) is 5.58. The lowest BCUT2D eigenvalue weighted by molar-refractivity contribution is -0.118. The third-order valence-corrected chi connectivity index (χ3v) is 4.29. The molecular formula is C13H19NOS. The minimum Gasteiger partial charge on any atom is -0.299 e. The fourth-order valence-corrected chi connectivity index (χ4v) is 3.21. The summed E-state index contributed by atoms with van der Waals surface area (Å²) in [6.45, 7) is 1.98. The van der Waals surface area contributed by atoms with E-state index in [2.05, 4.69) is 4.98 Å². The molecule has 0 radical (unpaired) electrons. The monoisotopic (exact) mass is 237 g/mol. The van der Waals surface area contributed by atoms with E-state index in [0.29, 0.717) is 12.2 Å². The van der Waals surface area contributed by atoms with E-state index in [1.165, 1.54) is 25.7 Å². The lowest BCUT2D eigenvalue weighted by atomic mass is 9.99. The number of thiazole rings is 1. The Hall–Kier alpha value is -0.700. The van der Waals surface area contributed by atoms with Gasteiger partial charge in [-0.3, -0.25) is 4.79 Å². The van der Waals surface area contributed by atoms with Crippen molar-refractivity contribution < 1.29 is 4.79 Å². The minimum absolute atomic E-state index is 0.362. The molecule has 0 spiro atoms. The van der Waals surface area contributed by atoms with Gasteiger partial charge in [-0.15, -0.1) is 11.3 Å². The van der Waals surface area contributed by atoms with Crippen LogP contribution in [0.15, 0.2) is 5.38 Å². The Morgan fingerprint density at radius 1 is 1.50 bits per heavy atom. The van der Waals surface area contributed by atoms with Gasteiger partial charge in [0, 0.05) is 17.5 Å². The summed E-state index contributed by atoms with van der Waals surface area (Å²) in [5.41, 5.74) is 1.03. The maximum Gasteiger partial charge on any atom is 0.139 e. The van der Waals surface area contributed by atoms with Gasteiger partial charge in [-0.25, -0.2) is 4.98 Å². The van der Waals surface area contributed by atoms with Crippen molar-refractivity contribution in [1.29, 1.82) is 0 Å². The van der Waals surface area contributed by atoms with E-state index in [1.807, 2.05) is 12.3 Å². The highest BCUT2D eigenvalue weighted by molar-refractivity contribution is 7.09. The predicted octanol–water partition coefficient (Wildman–Crippen LogP) is 3.53. The smallest absolute Gasteiger partial charge is 0.139 e. The van der Waals surface area contributed by atoms with Crippen LogP contribution in [-0.4, -0.2) is 10.8 Å². The Morgan fingerprint density at radius 3 is 2.88 bits per heavy atom. The van der Waals surface area contributed by atoms with E-state index in [-0.39, 0.29) is 0 Å². The maximum absolute atomic E-state index is 11.7. The van der Waals surface area contributed by atoms with Gasteiger partial charge in [-0.05, 0) is 19.3 Å². The number of nitrogens with zero attached hydrogens (tertiary/aromatic N) is 1. The number of aromatic nitrogens is 1. The molecule has 88 valence electrons. The second-order valence-electron chi connectivity index (χ2n) is 4.79. The molecule has 0 aromatic carbocycles. The van der Waals surface area contributed by atoms with Gasteiger partial charge in [0.25, 0.3) is 0 Å². The van der Waals surface area contributed by atoms with Gasteiger partial charge >= 0.3 is 0 Å². The summed E-state index contributed by atoms with van der Waals surface area (Å²) in [5, 5.41) is 2.99. The van der Waals surface area contributed by atoms with E-state index < -0.39 is 0 Å². The number of carbonyl (C=O) groups excluding carboxylic acids is 1. The van der Waals surface area contributed by atoms with Crippen LogP contribution in [-0.2, 0) is 11.2 Å². The van der Waals surface area contributed by atoms with Crippen LogP contribution in [0.25, 0.3) is 0 Å². The zero-order chi connectivity index (χ0) is 11.4. The predicted molar refractivity (Wildman–Crippen MR) is 66.8 cm³/mol. The van der Waals surface area contributed by atoms with Crippen LogP contribution in [0.1, 0.15) is 49.2 Å². The molecule has 1 fully saturated rings. The topological polar surface area (TPSA) is 30.0 Å². The van der Waals surface area contributed by atoms with Crippen molar-refractivity contribution in [2.75, 3.05) is 0 Å². The van der Waals surface area contributed by atoms with Crippen LogP contribution < -0.4 is 0 Å². The summed E-state index contributed by atoms with van der Waals surface area (Å²) in [6.07, 6.45) is 7.81. The number of Topliss-reactive ketones (excluding diaryl/α,β-unsaturated/α-hetero) is 1. The Labute approximate surface area is 101 Å². The number of hydrogen-bond donors (Lipinski definition) is 0. The molecule has 0 saturated heterocycles. The molecule has 1 aliphatic rings. The molecule has 2 rings (SSSR count). The highest BCUT2D eigenvalue weighted by Crippen LogP contribution is 2.28. The first kappa shape index (κ1) is 11.8. The Kier molecular flexibility index (Phi) is 4.10. The summed E-state index contributed by atoms with van der Waals surface area (Å²) in [6, 6.07) is 0. The lowest BCUT2D eigenvalue weighted by Gasteiger charge is -2.06. The molecular weight excluding hydrogens is 218 g/mol. The van der Waals surface area contributed by atoms with Crippen molar-refractivity contribution in [1.82, 2.24) is 4.98 Å². The van der Waals surface area contributed by atoms with Crippen LogP contribution in [0, 0.1) is 12.8 Å².